The van der Waals surface area contributed by atoms with Gasteiger partial charge in [-0.3, -0.25) is 0 Å². The first-order valence-corrected chi connectivity index (χ1v) is 6.32. The van der Waals surface area contributed by atoms with Crippen molar-refractivity contribution in [1.29, 1.82) is 0 Å². The van der Waals surface area contributed by atoms with Crippen LogP contribution in [0.5, 0.6) is 0 Å². The summed E-state index contributed by atoms with van der Waals surface area (Å²) in [7, 11) is 0. The van der Waals surface area contributed by atoms with Crippen molar-refractivity contribution in [3.63, 3.8) is 0 Å². The van der Waals surface area contributed by atoms with E-state index in [9.17, 15) is 23.1 Å². The van der Waals surface area contributed by atoms with Crippen molar-refractivity contribution in [2.24, 2.45) is 17.8 Å². The van der Waals surface area contributed by atoms with Crippen molar-refractivity contribution >= 4 is 5.97 Å². The van der Waals surface area contributed by atoms with E-state index in [4.69, 9.17) is 4.74 Å². The molecule has 4 saturated carbocycles. The van der Waals surface area contributed by atoms with Crippen LogP contribution in [0.1, 0.15) is 32.1 Å². The number of esters is 1. The van der Waals surface area contributed by atoms with Gasteiger partial charge in [-0.2, -0.15) is 13.2 Å². The lowest BCUT2D eigenvalue weighted by molar-refractivity contribution is -0.230. The largest absolute Gasteiger partial charge is 0.490 e. The maximum atomic E-state index is 12.3. The molecule has 0 aromatic heterocycles. The minimum absolute atomic E-state index is 0.0106. The monoisotopic (exact) mass is 264 g/mol. The number of hydrogen-bond acceptors (Lipinski definition) is 3. The summed E-state index contributed by atoms with van der Waals surface area (Å²) in [6.07, 6.45) is -2.26. The first-order valence-electron chi connectivity index (χ1n) is 6.32. The Balaban J connectivity index is 1.83. The summed E-state index contributed by atoms with van der Waals surface area (Å²) < 4.78 is 41.8. The van der Waals surface area contributed by atoms with Crippen molar-refractivity contribution in [2.75, 3.05) is 0 Å². The topological polar surface area (TPSA) is 46.5 Å². The number of rotatable bonds is 1. The van der Waals surface area contributed by atoms with Gasteiger partial charge >= 0.3 is 12.1 Å². The molecule has 6 heteroatoms. The summed E-state index contributed by atoms with van der Waals surface area (Å²) in [5.74, 6) is -2.17. The van der Waals surface area contributed by atoms with Crippen molar-refractivity contribution in [1.82, 2.24) is 0 Å². The van der Waals surface area contributed by atoms with Crippen molar-refractivity contribution in [3.05, 3.63) is 0 Å². The van der Waals surface area contributed by atoms with Gasteiger partial charge in [0.05, 0.1) is 6.10 Å². The molecule has 0 radical (unpaired) electrons. The molecule has 4 aliphatic carbocycles. The van der Waals surface area contributed by atoms with Gasteiger partial charge in [-0.15, -0.1) is 0 Å². The van der Waals surface area contributed by atoms with Gasteiger partial charge in [0.1, 0.15) is 5.60 Å². The highest BCUT2D eigenvalue weighted by atomic mass is 19.4. The van der Waals surface area contributed by atoms with E-state index in [1.807, 2.05) is 0 Å². The standard InChI is InChI=1S/C12H15F3O3/c13-12(14,15)10(17)18-11-4-3-7-8(11)2-1-6(5-11)9(7)16/h6-9,16H,1-5H2/t6-,7-,8-,9-,11+/m1/s1. The third-order valence-electron chi connectivity index (χ3n) is 5.00. The molecule has 1 N–H and O–H groups in total. The van der Waals surface area contributed by atoms with E-state index in [0.29, 0.717) is 19.3 Å². The molecular formula is C12H15F3O3. The minimum Gasteiger partial charge on any atom is -0.452 e. The first-order chi connectivity index (χ1) is 8.33. The summed E-state index contributed by atoms with van der Waals surface area (Å²) >= 11 is 0. The Kier molecular flexibility index (Phi) is 2.47. The molecule has 4 aliphatic rings. The van der Waals surface area contributed by atoms with E-state index in [0.717, 1.165) is 12.8 Å². The summed E-state index contributed by atoms with van der Waals surface area (Å²) in [5, 5.41) is 10.0. The molecule has 3 nitrogen and oxygen atoms in total. The van der Waals surface area contributed by atoms with E-state index in [1.54, 1.807) is 0 Å². The average molecular weight is 264 g/mol. The zero-order chi connectivity index (χ0) is 13.1. The number of carbonyl (C=O) groups is 1. The minimum atomic E-state index is -4.93. The second-order valence-electron chi connectivity index (χ2n) is 5.79. The maximum Gasteiger partial charge on any atom is 0.490 e. The van der Waals surface area contributed by atoms with Gasteiger partial charge in [0, 0.05) is 5.92 Å². The lowest BCUT2D eigenvalue weighted by atomic mass is 9.60. The Morgan fingerprint density at radius 1 is 1.28 bits per heavy atom. The van der Waals surface area contributed by atoms with E-state index >= 15 is 0 Å². The molecule has 18 heavy (non-hydrogen) atoms. The van der Waals surface area contributed by atoms with Crippen LogP contribution in [0.3, 0.4) is 0 Å². The Morgan fingerprint density at radius 3 is 2.67 bits per heavy atom. The fraction of sp³-hybridized carbons (Fsp3) is 0.917. The van der Waals surface area contributed by atoms with Crippen LogP contribution in [-0.4, -0.2) is 29.0 Å². The van der Waals surface area contributed by atoms with Crippen molar-refractivity contribution in [2.45, 2.75) is 50.0 Å². The molecule has 0 saturated heterocycles. The molecule has 102 valence electrons. The fourth-order valence-electron chi connectivity index (χ4n) is 4.32. The number of aliphatic hydroxyl groups excluding tert-OH is 1. The SMILES string of the molecule is O=C(O[C@]12CC[C@H]3[C@H](O)[C@H](CC[C@H]31)C2)C(F)(F)F. The molecule has 0 unspecified atom stereocenters. The van der Waals surface area contributed by atoms with Gasteiger partial charge in [-0.25, -0.2) is 4.79 Å². The molecule has 0 amide bonds. The quantitative estimate of drug-likeness (QED) is 0.737. The molecule has 0 aromatic carbocycles. The van der Waals surface area contributed by atoms with Gasteiger partial charge in [-0.1, -0.05) is 0 Å². The molecule has 0 aliphatic heterocycles. The van der Waals surface area contributed by atoms with Crippen LogP contribution in [0.15, 0.2) is 0 Å². The second-order valence-corrected chi connectivity index (χ2v) is 5.79. The van der Waals surface area contributed by atoms with Crippen LogP contribution in [-0.2, 0) is 9.53 Å². The second kappa shape index (κ2) is 3.62. The summed E-state index contributed by atoms with van der Waals surface area (Å²) in [6, 6.07) is 0. The highest BCUT2D eigenvalue weighted by Crippen LogP contribution is 2.60. The number of aliphatic hydroxyl groups is 1. The number of halogens is 3. The van der Waals surface area contributed by atoms with Crippen LogP contribution in [0.4, 0.5) is 13.2 Å². The smallest absolute Gasteiger partial charge is 0.452 e. The number of alkyl halides is 3. The van der Waals surface area contributed by atoms with Crippen LogP contribution >= 0.6 is 0 Å². The Morgan fingerprint density at radius 2 is 2.00 bits per heavy atom. The third-order valence-corrected chi connectivity index (χ3v) is 5.00. The zero-order valence-electron chi connectivity index (χ0n) is 9.74. The normalized spacial score (nSPS) is 46.2. The predicted molar refractivity (Wildman–Crippen MR) is 54.4 cm³/mol. The highest BCUT2D eigenvalue weighted by molar-refractivity contribution is 5.76. The number of fused-ring (bicyclic) bond motifs is 1. The summed E-state index contributed by atoms with van der Waals surface area (Å²) in [5.41, 5.74) is -0.959. The van der Waals surface area contributed by atoms with Crippen LogP contribution in [0.2, 0.25) is 0 Å². The number of carbonyl (C=O) groups excluding carboxylic acids is 1. The van der Waals surface area contributed by atoms with Gasteiger partial charge < -0.3 is 9.84 Å². The van der Waals surface area contributed by atoms with Crippen LogP contribution in [0.25, 0.3) is 0 Å². The van der Waals surface area contributed by atoms with Gasteiger partial charge in [0.25, 0.3) is 0 Å². The van der Waals surface area contributed by atoms with E-state index < -0.39 is 23.9 Å². The lowest BCUT2D eigenvalue weighted by Gasteiger charge is -2.51. The molecule has 4 rings (SSSR count). The maximum absolute atomic E-state index is 12.3. The Bertz CT molecular complexity index is 381. The third kappa shape index (κ3) is 1.57. The molecule has 0 heterocycles. The summed E-state index contributed by atoms with van der Waals surface area (Å²) in [6.45, 7) is 0. The predicted octanol–water partition coefficient (Wildman–Crippen LogP) is 2.03. The number of hydrogen-bond donors (Lipinski definition) is 1. The average Bonchev–Trinajstić information content (AvgIpc) is 2.59. The molecule has 0 aromatic rings. The van der Waals surface area contributed by atoms with E-state index in [-0.39, 0.29) is 17.8 Å². The summed E-state index contributed by atoms with van der Waals surface area (Å²) in [4.78, 5) is 11.1. The van der Waals surface area contributed by atoms with Gasteiger partial charge in [0.15, 0.2) is 0 Å². The number of ether oxygens (including phenoxy) is 1. The lowest BCUT2D eigenvalue weighted by Crippen LogP contribution is -2.55. The van der Waals surface area contributed by atoms with E-state index in [2.05, 4.69) is 0 Å². The van der Waals surface area contributed by atoms with Crippen molar-refractivity contribution in [3.8, 4) is 0 Å². The fourth-order valence-corrected chi connectivity index (χ4v) is 4.32. The van der Waals surface area contributed by atoms with E-state index in [1.165, 1.54) is 0 Å². The first kappa shape index (κ1) is 12.3. The Labute approximate surface area is 102 Å². The van der Waals surface area contributed by atoms with Crippen LogP contribution < -0.4 is 0 Å². The highest BCUT2D eigenvalue weighted by Gasteiger charge is 2.63. The molecule has 4 bridgehead atoms. The molecule has 0 spiro atoms. The van der Waals surface area contributed by atoms with Gasteiger partial charge in [-0.05, 0) is 43.9 Å². The Hall–Kier alpha value is -0.780. The van der Waals surface area contributed by atoms with Crippen LogP contribution in [0, 0.1) is 17.8 Å². The molecule has 4 fully saturated rings. The van der Waals surface area contributed by atoms with Gasteiger partial charge in [0.2, 0.25) is 0 Å². The zero-order valence-corrected chi connectivity index (χ0v) is 9.74. The van der Waals surface area contributed by atoms with Crippen molar-refractivity contribution < 1.29 is 27.8 Å². The molecular weight excluding hydrogens is 249 g/mol. The molecule has 5 atom stereocenters.